The van der Waals surface area contributed by atoms with Gasteiger partial charge >= 0.3 is 0 Å². The Bertz CT molecular complexity index is 469. The summed E-state index contributed by atoms with van der Waals surface area (Å²) in [7, 11) is -2.96. The molecular weight excluding hydrogens is 250 g/mol. The maximum atomic E-state index is 11.6. The number of hydrogen-bond donors (Lipinski definition) is 1. The molecule has 1 aromatic carbocycles. The van der Waals surface area contributed by atoms with E-state index in [1.807, 2.05) is 26.0 Å². The maximum Gasteiger partial charge on any atom is 0.150 e. The molecule has 0 aliphatic carbocycles. The third kappa shape index (κ3) is 5.40. The summed E-state index contributed by atoms with van der Waals surface area (Å²) < 4.78 is 28.7. The highest BCUT2D eigenvalue weighted by molar-refractivity contribution is 7.91. The Morgan fingerprint density at radius 1 is 1.28 bits per heavy atom. The van der Waals surface area contributed by atoms with Crippen LogP contribution in [0, 0.1) is 5.92 Å². The summed E-state index contributed by atoms with van der Waals surface area (Å²) in [5, 5.41) is 0. The quantitative estimate of drug-likeness (QED) is 0.609. The van der Waals surface area contributed by atoms with Crippen molar-refractivity contribution in [1.82, 2.24) is 0 Å². The van der Waals surface area contributed by atoms with E-state index >= 15 is 0 Å². The summed E-state index contributed by atoms with van der Waals surface area (Å²) in [6.45, 7) is 4.17. The number of hydrogen-bond acceptors (Lipinski definition) is 4. The lowest BCUT2D eigenvalue weighted by Crippen LogP contribution is -2.17. The first kappa shape index (κ1) is 14.8. The highest BCUT2D eigenvalue weighted by Crippen LogP contribution is 2.19. The zero-order valence-electron chi connectivity index (χ0n) is 10.9. The Morgan fingerprint density at radius 3 is 2.56 bits per heavy atom. The van der Waals surface area contributed by atoms with E-state index in [9.17, 15) is 8.42 Å². The number of nitrogens with two attached hydrogens (primary N) is 1. The van der Waals surface area contributed by atoms with Crippen molar-refractivity contribution in [3.05, 3.63) is 24.3 Å². The fourth-order valence-corrected chi connectivity index (χ4v) is 3.40. The van der Waals surface area contributed by atoms with Crippen molar-refractivity contribution in [3.8, 4) is 5.75 Å². The van der Waals surface area contributed by atoms with Crippen molar-refractivity contribution in [2.24, 2.45) is 5.92 Å². The minimum atomic E-state index is -2.96. The number of sulfone groups is 1. The molecule has 0 spiro atoms. The summed E-state index contributed by atoms with van der Waals surface area (Å²) >= 11 is 0. The lowest BCUT2D eigenvalue weighted by Gasteiger charge is -2.09. The fourth-order valence-electron chi connectivity index (χ4n) is 1.66. The molecule has 0 unspecified atom stereocenters. The highest BCUT2D eigenvalue weighted by Gasteiger charge is 2.12. The topological polar surface area (TPSA) is 69.4 Å². The Balaban J connectivity index is 2.33. The van der Waals surface area contributed by atoms with Crippen LogP contribution < -0.4 is 10.5 Å². The SMILES string of the molecule is CC(C)CS(=O)(=O)CCCOc1ccccc1N. The number of ether oxygens (including phenoxy) is 1. The number of rotatable bonds is 7. The largest absolute Gasteiger partial charge is 0.491 e. The predicted octanol–water partition coefficient (Wildman–Crippen LogP) is 2.11. The van der Waals surface area contributed by atoms with Crippen LogP contribution in [0.5, 0.6) is 5.75 Å². The van der Waals surface area contributed by atoms with E-state index in [4.69, 9.17) is 10.5 Å². The van der Waals surface area contributed by atoms with Crippen LogP contribution in [0.4, 0.5) is 5.69 Å². The van der Waals surface area contributed by atoms with Gasteiger partial charge in [0.05, 0.1) is 23.8 Å². The van der Waals surface area contributed by atoms with Crippen molar-refractivity contribution >= 4 is 15.5 Å². The number of anilines is 1. The zero-order chi connectivity index (χ0) is 13.6. The molecule has 0 aromatic heterocycles. The molecule has 0 fully saturated rings. The first-order valence-electron chi connectivity index (χ1n) is 6.08. The third-order valence-corrected chi connectivity index (χ3v) is 4.45. The van der Waals surface area contributed by atoms with Crippen molar-refractivity contribution in [3.63, 3.8) is 0 Å². The van der Waals surface area contributed by atoms with Crippen LogP contribution in [-0.4, -0.2) is 26.5 Å². The number of nitrogen functional groups attached to an aromatic ring is 1. The molecule has 0 saturated carbocycles. The van der Waals surface area contributed by atoms with Gasteiger partial charge in [-0.15, -0.1) is 0 Å². The molecule has 0 bridgehead atoms. The van der Waals surface area contributed by atoms with Crippen LogP contribution >= 0.6 is 0 Å². The van der Waals surface area contributed by atoms with E-state index in [1.54, 1.807) is 12.1 Å². The summed E-state index contributed by atoms with van der Waals surface area (Å²) in [6.07, 6.45) is 0.489. The van der Waals surface area contributed by atoms with Crippen LogP contribution in [0.15, 0.2) is 24.3 Å². The van der Waals surface area contributed by atoms with Gasteiger partial charge in [-0.1, -0.05) is 26.0 Å². The van der Waals surface area contributed by atoms with Gasteiger partial charge in [0, 0.05) is 0 Å². The third-order valence-electron chi connectivity index (χ3n) is 2.36. The lowest BCUT2D eigenvalue weighted by atomic mass is 10.3. The molecule has 0 aliphatic heterocycles. The van der Waals surface area contributed by atoms with E-state index < -0.39 is 9.84 Å². The Kier molecular flexibility index (Phi) is 5.47. The minimum Gasteiger partial charge on any atom is -0.491 e. The molecule has 0 atom stereocenters. The first-order valence-corrected chi connectivity index (χ1v) is 7.90. The van der Waals surface area contributed by atoms with E-state index in [0.717, 1.165) is 0 Å². The molecular formula is C13H21NO3S. The monoisotopic (exact) mass is 271 g/mol. The second kappa shape index (κ2) is 6.64. The van der Waals surface area contributed by atoms with E-state index in [2.05, 4.69) is 0 Å². The number of benzene rings is 1. The Hall–Kier alpha value is -1.23. The van der Waals surface area contributed by atoms with Crippen molar-refractivity contribution < 1.29 is 13.2 Å². The molecule has 0 heterocycles. The second-order valence-electron chi connectivity index (χ2n) is 4.75. The average molecular weight is 271 g/mol. The van der Waals surface area contributed by atoms with Gasteiger partial charge in [0.2, 0.25) is 0 Å². The standard InChI is InChI=1S/C13H21NO3S/c1-11(2)10-18(15,16)9-5-8-17-13-7-4-3-6-12(13)14/h3-4,6-7,11H,5,8-10,14H2,1-2H3. The van der Waals surface area contributed by atoms with Crippen LogP contribution in [0.25, 0.3) is 0 Å². The first-order chi connectivity index (χ1) is 8.41. The minimum absolute atomic E-state index is 0.165. The molecule has 2 N–H and O–H groups in total. The van der Waals surface area contributed by atoms with Gasteiger partial charge in [0.1, 0.15) is 5.75 Å². The molecule has 1 aromatic rings. The molecule has 102 valence electrons. The normalized spacial score (nSPS) is 11.7. The smallest absolute Gasteiger partial charge is 0.150 e. The van der Waals surface area contributed by atoms with Gasteiger partial charge in [0.25, 0.3) is 0 Å². The van der Waals surface area contributed by atoms with Crippen LogP contribution in [-0.2, 0) is 9.84 Å². The lowest BCUT2D eigenvalue weighted by molar-refractivity contribution is 0.319. The molecule has 5 heteroatoms. The van der Waals surface area contributed by atoms with E-state index in [1.165, 1.54) is 0 Å². The Labute approximate surface area is 109 Å². The molecule has 0 amide bonds. The Morgan fingerprint density at radius 2 is 1.94 bits per heavy atom. The van der Waals surface area contributed by atoms with Crippen LogP contribution in [0.1, 0.15) is 20.3 Å². The zero-order valence-corrected chi connectivity index (χ0v) is 11.7. The van der Waals surface area contributed by atoms with Crippen LogP contribution in [0.3, 0.4) is 0 Å². The van der Waals surface area contributed by atoms with Gasteiger partial charge in [-0.2, -0.15) is 0 Å². The fraction of sp³-hybridized carbons (Fsp3) is 0.538. The molecule has 4 nitrogen and oxygen atoms in total. The van der Waals surface area contributed by atoms with Crippen LogP contribution in [0.2, 0.25) is 0 Å². The molecule has 0 radical (unpaired) electrons. The molecule has 0 saturated heterocycles. The van der Waals surface area contributed by atoms with Crippen molar-refractivity contribution in [2.45, 2.75) is 20.3 Å². The van der Waals surface area contributed by atoms with Gasteiger partial charge in [0.15, 0.2) is 9.84 Å². The predicted molar refractivity (Wildman–Crippen MR) is 74.5 cm³/mol. The summed E-state index contributed by atoms with van der Waals surface area (Å²) in [5.41, 5.74) is 6.28. The van der Waals surface area contributed by atoms with Gasteiger partial charge in [-0.3, -0.25) is 0 Å². The highest BCUT2D eigenvalue weighted by atomic mass is 32.2. The van der Waals surface area contributed by atoms with Gasteiger partial charge in [-0.05, 0) is 24.5 Å². The molecule has 18 heavy (non-hydrogen) atoms. The molecule has 0 aliphatic rings. The van der Waals surface area contributed by atoms with Gasteiger partial charge < -0.3 is 10.5 Å². The number of para-hydroxylation sites is 2. The average Bonchev–Trinajstić information content (AvgIpc) is 2.25. The maximum absolute atomic E-state index is 11.6. The molecule has 1 rings (SSSR count). The summed E-state index contributed by atoms with van der Waals surface area (Å²) in [4.78, 5) is 0. The van der Waals surface area contributed by atoms with E-state index in [0.29, 0.717) is 24.5 Å². The van der Waals surface area contributed by atoms with Crippen molar-refractivity contribution in [2.75, 3.05) is 23.8 Å². The summed E-state index contributed by atoms with van der Waals surface area (Å²) in [5.74, 6) is 1.18. The van der Waals surface area contributed by atoms with Gasteiger partial charge in [-0.25, -0.2) is 8.42 Å². The summed E-state index contributed by atoms with van der Waals surface area (Å²) in [6, 6.07) is 7.19. The van der Waals surface area contributed by atoms with E-state index in [-0.39, 0.29) is 17.4 Å². The second-order valence-corrected chi connectivity index (χ2v) is 6.98. The van der Waals surface area contributed by atoms with Crippen molar-refractivity contribution in [1.29, 1.82) is 0 Å².